The molecule has 6 nitrogen and oxygen atoms in total. The summed E-state index contributed by atoms with van der Waals surface area (Å²) >= 11 is 3.44. The van der Waals surface area contributed by atoms with Crippen molar-refractivity contribution in [1.82, 2.24) is 0 Å². The lowest BCUT2D eigenvalue weighted by Crippen LogP contribution is -2.14. The number of fused-ring (bicyclic) bond motifs is 6. The van der Waals surface area contributed by atoms with E-state index in [1.165, 1.54) is 0 Å². The van der Waals surface area contributed by atoms with Crippen molar-refractivity contribution in [1.29, 1.82) is 0 Å². The predicted octanol–water partition coefficient (Wildman–Crippen LogP) is 6.41. The molecule has 0 radical (unpaired) electrons. The van der Waals surface area contributed by atoms with Crippen LogP contribution in [0.15, 0.2) is 92.4 Å². The summed E-state index contributed by atoms with van der Waals surface area (Å²) in [6, 6.07) is 24.8. The zero-order valence-corrected chi connectivity index (χ0v) is 24.6. The van der Waals surface area contributed by atoms with E-state index in [1.54, 1.807) is 23.5 Å². The van der Waals surface area contributed by atoms with E-state index in [-0.39, 0.29) is 13.2 Å². The van der Waals surface area contributed by atoms with E-state index >= 15 is 0 Å². The summed E-state index contributed by atoms with van der Waals surface area (Å²) in [6.45, 7) is 2.68. The number of hydrogen-bond donors (Lipinski definition) is 2. The maximum absolute atomic E-state index is 10.1. The highest BCUT2D eigenvalue weighted by Gasteiger charge is 2.31. The molecular weight excluding hydrogens is 569 g/mol. The number of benzene rings is 4. The molecule has 4 bridgehead atoms. The Kier molecular flexibility index (Phi) is 7.99. The summed E-state index contributed by atoms with van der Waals surface area (Å²) in [5.41, 5.74) is 8.07. The second-order valence-corrected chi connectivity index (χ2v) is 12.3. The Balaban J connectivity index is 1.53. The van der Waals surface area contributed by atoms with E-state index in [2.05, 4.69) is 48.5 Å². The summed E-state index contributed by atoms with van der Waals surface area (Å²) in [5.74, 6) is 1.53. The Morgan fingerprint density at radius 2 is 0.857 bits per heavy atom. The molecule has 0 saturated heterocycles. The zero-order valence-electron chi connectivity index (χ0n) is 22.9. The number of aliphatic hydroxyl groups excluding tert-OH is 2. The largest absolute Gasteiger partial charge is 0.491 e. The first-order valence-corrected chi connectivity index (χ1v) is 15.6. The summed E-state index contributed by atoms with van der Waals surface area (Å²) in [5, 5.41) is 20.2. The molecule has 7 rings (SSSR count). The molecule has 0 amide bonds. The molecular formula is C34H30O6S2. The zero-order chi connectivity index (χ0) is 28.5. The van der Waals surface area contributed by atoms with Gasteiger partial charge in [0.1, 0.15) is 24.7 Å². The molecule has 0 unspecified atom stereocenters. The average molecular weight is 599 g/mol. The van der Waals surface area contributed by atoms with Gasteiger partial charge >= 0.3 is 0 Å². The topological polar surface area (TPSA) is 77.4 Å². The lowest BCUT2D eigenvalue weighted by atomic mass is 9.84. The van der Waals surface area contributed by atoms with Crippen LogP contribution in [0, 0.1) is 0 Å². The van der Waals surface area contributed by atoms with Gasteiger partial charge in [0.25, 0.3) is 0 Å². The van der Waals surface area contributed by atoms with Crippen molar-refractivity contribution < 1.29 is 29.2 Å². The second kappa shape index (κ2) is 12.2. The number of ether oxygens (including phenoxy) is 4. The highest BCUT2D eigenvalue weighted by molar-refractivity contribution is 8.00. The molecule has 0 aromatic heterocycles. The third kappa shape index (κ3) is 5.35. The monoisotopic (exact) mass is 598 g/mol. The summed E-state index contributed by atoms with van der Waals surface area (Å²) in [7, 11) is 0. The fourth-order valence-corrected chi connectivity index (χ4v) is 7.61. The molecule has 8 heteroatoms. The first-order valence-electron chi connectivity index (χ1n) is 14.0. The molecule has 0 saturated carbocycles. The highest BCUT2D eigenvalue weighted by Crippen LogP contribution is 2.55. The lowest BCUT2D eigenvalue weighted by Gasteiger charge is -2.30. The van der Waals surface area contributed by atoms with Crippen molar-refractivity contribution in [2.24, 2.45) is 0 Å². The second-order valence-electron chi connectivity index (χ2n) is 10.2. The lowest BCUT2D eigenvalue weighted by molar-refractivity contribution is 0.0273. The predicted molar refractivity (Wildman–Crippen MR) is 164 cm³/mol. The van der Waals surface area contributed by atoms with Crippen LogP contribution in [-0.2, 0) is 22.7 Å². The van der Waals surface area contributed by atoms with E-state index in [4.69, 9.17) is 18.9 Å². The summed E-state index contributed by atoms with van der Waals surface area (Å²) < 4.78 is 23.7. The van der Waals surface area contributed by atoms with E-state index < -0.39 is 0 Å². The van der Waals surface area contributed by atoms with E-state index in [0.29, 0.717) is 39.6 Å². The first-order chi connectivity index (χ1) is 20.7. The van der Waals surface area contributed by atoms with Gasteiger partial charge in [0, 0.05) is 30.7 Å². The number of rotatable bonds is 2. The number of aliphatic hydroxyl groups is 2. The Morgan fingerprint density at radius 1 is 0.476 bits per heavy atom. The molecule has 0 fully saturated rings. The Hall–Kier alpha value is -3.24. The Labute approximate surface area is 253 Å². The minimum absolute atomic E-state index is 0.0473. The van der Waals surface area contributed by atoms with Gasteiger partial charge in [-0.15, -0.1) is 0 Å². The molecule has 214 valence electrons. The molecule has 42 heavy (non-hydrogen) atoms. The maximum Gasteiger partial charge on any atom is 0.120 e. The van der Waals surface area contributed by atoms with Crippen LogP contribution in [0.3, 0.4) is 0 Å². The molecule has 0 aliphatic carbocycles. The summed E-state index contributed by atoms with van der Waals surface area (Å²) in [6.07, 6.45) is 0. The van der Waals surface area contributed by atoms with Crippen LogP contribution in [0.1, 0.15) is 33.4 Å². The maximum atomic E-state index is 10.1. The first kappa shape index (κ1) is 27.6. The van der Waals surface area contributed by atoms with Gasteiger partial charge in [0.05, 0.1) is 39.6 Å². The van der Waals surface area contributed by atoms with Crippen LogP contribution < -0.4 is 9.47 Å². The van der Waals surface area contributed by atoms with Gasteiger partial charge in [-0.1, -0.05) is 35.7 Å². The standard InChI is InChI=1S/C34H30O6S2/c35-19-21-1-5-29-25(15-21)33-27-17-23(3-7-31(27)41-29)39-13-11-37-9-10-38-12-14-40-24-4-8-32-28(18-24)34(33)26-16-22(20-36)2-6-30(26)42-32/h1-8,15-18,35-36H,9-14,19-20H2. The van der Waals surface area contributed by atoms with Crippen molar-refractivity contribution in [3.63, 3.8) is 0 Å². The van der Waals surface area contributed by atoms with Gasteiger partial charge < -0.3 is 29.2 Å². The van der Waals surface area contributed by atoms with Crippen molar-refractivity contribution in [3.8, 4) is 11.5 Å². The fraction of sp³-hybridized carbons (Fsp3) is 0.235. The van der Waals surface area contributed by atoms with Crippen LogP contribution in [0.5, 0.6) is 11.5 Å². The van der Waals surface area contributed by atoms with Gasteiger partial charge in [0.2, 0.25) is 0 Å². The smallest absolute Gasteiger partial charge is 0.120 e. The molecule has 2 N–H and O–H groups in total. The third-order valence-electron chi connectivity index (χ3n) is 7.49. The van der Waals surface area contributed by atoms with Crippen molar-refractivity contribution in [3.05, 3.63) is 106 Å². The van der Waals surface area contributed by atoms with Crippen LogP contribution in [-0.4, -0.2) is 49.9 Å². The van der Waals surface area contributed by atoms with Crippen LogP contribution in [0.25, 0.3) is 11.1 Å². The Morgan fingerprint density at radius 3 is 1.29 bits per heavy atom. The van der Waals surface area contributed by atoms with Crippen molar-refractivity contribution in [2.45, 2.75) is 32.8 Å². The normalized spacial score (nSPS) is 16.3. The molecule has 4 aromatic carbocycles. The van der Waals surface area contributed by atoms with Crippen LogP contribution in [0.2, 0.25) is 0 Å². The van der Waals surface area contributed by atoms with E-state index in [9.17, 15) is 10.2 Å². The van der Waals surface area contributed by atoms with Gasteiger partial charge in [-0.2, -0.15) is 0 Å². The van der Waals surface area contributed by atoms with Crippen molar-refractivity contribution in [2.75, 3.05) is 39.6 Å². The minimum Gasteiger partial charge on any atom is -0.491 e. The Bertz CT molecular complexity index is 1560. The highest BCUT2D eigenvalue weighted by atomic mass is 32.2. The fourth-order valence-electron chi connectivity index (χ4n) is 5.51. The molecule has 3 aliphatic heterocycles. The van der Waals surface area contributed by atoms with E-state index in [1.807, 2.05) is 24.3 Å². The summed E-state index contributed by atoms with van der Waals surface area (Å²) in [4.78, 5) is 4.50. The minimum atomic E-state index is -0.0473. The molecule has 3 aliphatic rings. The average Bonchev–Trinajstić information content (AvgIpc) is 3.02. The molecule has 3 heterocycles. The molecule has 0 atom stereocenters. The van der Waals surface area contributed by atoms with Gasteiger partial charge in [-0.25, -0.2) is 0 Å². The SMILES string of the molecule is OCc1ccc2c(c1)C1=C3c4cc(CO)ccc4Sc4ccc(cc43)OCCOCCOCCOc3ccc(c1c3)S2. The van der Waals surface area contributed by atoms with Crippen LogP contribution in [0.4, 0.5) is 0 Å². The van der Waals surface area contributed by atoms with Gasteiger partial charge in [0.15, 0.2) is 0 Å². The van der Waals surface area contributed by atoms with Crippen molar-refractivity contribution >= 4 is 34.7 Å². The van der Waals surface area contributed by atoms with Gasteiger partial charge in [-0.05, 0) is 94.1 Å². The number of hydrogen-bond acceptors (Lipinski definition) is 8. The third-order valence-corrected chi connectivity index (χ3v) is 9.79. The quantitative estimate of drug-likeness (QED) is 0.237. The van der Waals surface area contributed by atoms with E-state index in [0.717, 1.165) is 75.6 Å². The van der Waals surface area contributed by atoms with Gasteiger partial charge in [-0.3, -0.25) is 0 Å². The van der Waals surface area contributed by atoms with Crippen LogP contribution >= 0.6 is 23.5 Å². The molecule has 4 aromatic rings. The molecule has 0 spiro atoms.